The molecule has 0 amide bonds. The van der Waals surface area contributed by atoms with E-state index in [4.69, 9.17) is 29.6 Å². The zero-order valence-electron chi connectivity index (χ0n) is 27.5. The fraction of sp³-hybridized carbons (Fsp3) is 0.821. The van der Waals surface area contributed by atoms with Gasteiger partial charge in [-0.15, -0.1) is 0 Å². The first-order chi connectivity index (χ1) is 17.9. The minimum Gasteiger partial charge on any atom is -0.414 e. The van der Waals surface area contributed by atoms with Gasteiger partial charge in [-0.05, 0) is 54.4 Å². The van der Waals surface area contributed by atoms with Gasteiger partial charge in [-0.3, -0.25) is 4.57 Å². The van der Waals surface area contributed by atoms with Gasteiger partial charge >= 0.3 is 0 Å². The molecule has 3 rings (SSSR count). The lowest BCUT2D eigenvalue weighted by Crippen LogP contribution is -2.54. The monoisotopic (exact) mass is 628 g/mol. The number of nitrogens with zero attached hydrogens (tertiary/aromatic N) is 4. The smallest absolute Gasteiger partial charge is 0.192 e. The Balaban J connectivity index is 2.15. The summed E-state index contributed by atoms with van der Waals surface area (Å²) in [6.07, 6.45) is 1.67. The first kappa shape index (κ1) is 33.8. The SMILES string of the molecule is CC(C)(C)[Si](C)(C)OCC1OC(n2cnc3c(Cl)ncnc32)[C@H](O[Si](C)(C)C(C)(C)C)[C@@H]1O[Si](C)(C)C(C)(C)C. The first-order valence-electron chi connectivity index (χ1n) is 14.4. The van der Waals surface area contributed by atoms with Crippen molar-refractivity contribution in [2.45, 2.75) is 141 Å². The van der Waals surface area contributed by atoms with Gasteiger partial charge in [-0.25, -0.2) is 15.0 Å². The lowest BCUT2D eigenvalue weighted by Gasteiger charge is -2.44. The van der Waals surface area contributed by atoms with Gasteiger partial charge in [-0.2, -0.15) is 0 Å². The van der Waals surface area contributed by atoms with E-state index in [9.17, 15) is 0 Å². The Labute approximate surface area is 250 Å². The van der Waals surface area contributed by atoms with Crippen LogP contribution in [0.15, 0.2) is 12.7 Å². The molecular weight excluding hydrogens is 576 g/mol. The number of hydrogen-bond acceptors (Lipinski definition) is 7. The lowest BCUT2D eigenvalue weighted by atomic mass is 10.1. The largest absolute Gasteiger partial charge is 0.414 e. The van der Waals surface area contributed by atoms with Crippen molar-refractivity contribution in [3.63, 3.8) is 0 Å². The average molecular weight is 629 g/mol. The topological polar surface area (TPSA) is 80.5 Å². The van der Waals surface area contributed by atoms with Crippen molar-refractivity contribution in [3.8, 4) is 0 Å². The number of imidazole rings is 1. The van der Waals surface area contributed by atoms with E-state index in [0.717, 1.165) is 0 Å². The van der Waals surface area contributed by atoms with Gasteiger partial charge < -0.3 is 18.0 Å². The molecule has 1 aliphatic heterocycles. The maximum Gasteiger partial charge on any atom is 0.192 e. The Bertz CT molecular complexity index is 1180. The second-order valence-electron chi connectivity index (χ2n) is 15.8. The summed E-state index contributed by atoms with van der Waals surface area (Å²) in [5, 5.41) is 0.402. The predicted molar refractivity (Wildman–Crippen MR) is 172 cm³/mol. The van der Waals surface area contributed by atoms with Crippen molar-refractivity contribution < 1.29 is 18.0 Å². The molecule has 0 bridgehead atoms. The van der Waals surface area contributed by atoms with Crippen LogP contribution in [0.1, 0.15) is 68.5 Å². The van der Waals surface area contributed by atoms with Crippen molar-refractivity contribution in [2.24, 2.45) is 0 Å². The molecule has 1 fully saturated rings. The van der Waals surface area contributed by atoms with Gasteiger partial charge in [0.15, 0.2) is 42.0 Å². The number of ether oxygens (including phenoxy) is 1. The maximum absolute atomic E-state index is 7.22. The van der Waals surface area contributed by atoms with Crippen molar-refractivity contribution in [3.05, 3.63) is 17.8 Å². The highest BCUT2D eigenvalue weighted by Gasteiger charge is 2.55. The van der Waals surface area contributed by atoms with Gasteiger partial charge in [-0.1, -0.05) is 73.9 Å². The number of fused-ring (bicyclic) bond motifs is 1. The van der Waals surface area contributed by atoms with E-state index in [1.807, 2.05) is 4.57 Å². The molecule has 2 aromatic rings. The Hall–Kier alpha value is -0.669. The van der Waals surface area contributed by atoms with Crippen LogP contribution < -0.4 is 0 Å². The Kier molecular flexibility index (Phi) is 9.40. The van der Waals surface area contributed by atoms with Crippen LogP contribution >= 0.6 is 11.6 Å². The third kappa shape index (κ3) is 6.77. The number of rotatable bonds is 8. The highest BCUT2D eigenvalue weighted by molar-refractivity contribution is 6.75. The summed E-state index contributed by atoms with van der Waals surface area (Å²) in [7, 11) is -6.53. The van der Waals surface area contributed by atoms with Gasteiger partial charge in [0.2, 0.25) is 0 Å². The fourth-order valence-corrected chi connectivity index (χ4v) is 7.68. The average Bonchev–Trinajstić information content (AvgIpc) is 3.32. The zero-order valence-corrected chi connectivity index (χ0v) is 31.2. The molecule has 0 saturated carbocycles. The minimum atomic E-state index is -2.25. The van der Waals surface area contributed by atoms with Crippen molar-refractivity contribution in [1.82, 2.24) is 19.5 Å². The number of hydrogen-bond donors (Lipinski definition) is 0. The van der Waals surface area contributed by atoms with E-state index in [1.165, 1.54) is 6.33 Å². The van der Waals surface area contributed by atoms with Crippen LogP contribution in [0.25, 0.3) is 11.2 Å². The summed E-state index contributed by atoms with van der Waals surface area (Å²) < 4.78 is 30.1. The van der Waals surface area contributed by atoms with Gasteiger partial charge in [0.1, 0.15) is 30.2 Å². The van der Waals surface area contributed by atoms with Crippen LogP contribution in [-0.4, -0.2) is 69.4 Å². The fourth-order valence-electron chi connectivity index (χ4n) is 3.88. The highest BCUT2D eigenvalue weighted by Crippen LogP contribution is 2.47. The highest BCUT2D eigenvalue weighted by atomic mass is 35.5. The Morgan fingerprint density at radius 2 is 1.27 bits per heavy atom. The van der Waals surface area contributed by atoms with Crippen LogP contribution in [0.4, 0.5) is 0 Å². The van der Waals surface area contributed by atoms with E-state index >= 15 is 0 Å². The normalized spacial score (nSPS) is 23.8. The molecule has 8 nitrogen and oxygen atoms in total. The number of halogens is 1. The quantitative estimate of drug-likeness (QED) is 0.215. The standard InChI is InChI=1S/C28H53ClN4O4Si3/c1-26(2,3)38(10,11)34-16-19-21(36-39(12,13)27(4,5)6)22(37-40(14,15)28(7,8)9)25(35-19)33-18-32-20-23(29)30-17-31-24(20)33/h17-19,21-22,25H,16H2,1-15H3/t19?,21-,22-,25?/m1/s1. The molecule has 0 spiro atoms. The van der Waals surface area contributed by atoms with Crippen molar-refractivity contribution in [2.75, 3.05) is 6.61 Å². The predicted octanol–water partition coefficient (Wildman–Crippen LogP) is 8.18. The molecule has 0 aromatic carbocycles. The second kappa shape index (κ2) is 11.1. The lowest BCUT2D eigenvalue weighted by molar-refractivity contribution is -0.0470. The first-order valence-corrected chi connectivity index (χ1v) is 23.5. The second-order valence-corrected chi connectivity index (χ2v) is 30.5. The summed E-state index contributed by atoms with van der Waals surface area (Å²) in [5.41, 5.74) is 1.16. The minimum absolute atomic E-state index is 0.00269. The van der Waals surface area contributed by atoms with E-state index in [-0.39, 0.29) is 33.4 Å². The molecule has 0 N–H and O–H groups in total. The molecule has 0 aliphatic carbocycles. The summed E-state index contributed by atoms with van der Waals surface area (Å²) in [6.45, 7) is 34.4. The van der Waals surface area contributed by atoms with Gasteiger partial charge in [0, 0.05) is 0 Å². The van der Waals surface area contributed by atoms with E-state index in [1.54, 1.807) is 6.33 Å². The van der Waals surface area contributed by atoms with Gasteiger partial charge in [0.05, 0.1) is 12.9 Å². The molecule has 3 heterocycles. The Morgan fingerprint density at radius 1 is 0.775 bits per heavy atom. The molecular formula is C28H53ClN4O4Si3. The number of aromatic nitrogens is 4. The molecule has 0 radical (unpaired) electrons. The zero-order chi connectivity index (χ0) is 30.7. The summed E-state index contributed by atoms with van der Waals surface area (Å²) in [5.74, 6) is 0. The van der Waals surface area contributed by atoms with Crippen LogP contribution in [0.2, 0.25) is 59.5 Å². The van der Waals surface area contributed by atoms with Crippen LogP contribution in [0.5, 0.6) is 0 Å². The van der Waals surface area contributed by atoms with Crippen molar-refractivity contribution >= 4 is 47.7 Å². The van der Waals surface area contributed by atoms with Crippen LogP contribution in [0.3, 0.4) is 0 Å². The molecule has 40 heavy (non-hydrogen) atoms. The summed E-state index contributed by atoms with van der Waals surface area (Å²) in [4.78, 5) is 13.2. The maximum atomic E-state index is 7.22. The molecule has 1 saturated heterocycles. The summed E-state index contributed by atoms with van der Waals surface area (Å²) >= 11 is 6.39. The van der Waals surface area contributed by atoms with Gasteiger partial charge in [0.25, 0.3) is 0 Å². The third-order valence-electron chi connectivity index (χ3n) is 9.76. The molecule has 4 atom stereocenters. The van der Waals surface area contributed by atoms with Crippen LogP contribution in [0, 0.1) is 0 Å². The Morgan fingerprint density at radius 3 is 1.77 bits per heavy atom. The van der Waals surface area contributed by atoms with E-state index < -0.39 is 31.2 Å². The van der Waals surface area contributed by atoms with E-state index in [0.29, 0.717) is 22.9 Å². The van der Waals surface area contributed by atoms with Crippen LogP contribution in [-0.2, 0) is 18.0 Å². The molecule has 2 unspecified atom stereocenters. The third-order valence-corrected chi connectivity index (χ3v) is 23.5. The molecule has 12 heteroatoms. The van der Waals surface area contributed by atoms with Crippen molar-refractivity contribution in [1.29, 1.82) is 0 Å². The molecule has 2 aromatic heterocycles. The van der Waals surface area contributed by atoms with E-state index in [2.05, 4.69) is 117 Å². The molecule has 228 valence electrons. The summed E-state index contributed by atoms with van der Waals surface area (Å²) in [6, 6.07) is 0. The molecule has 1 aliphatic rings.